The minimum absolute atomic E-state index is 0.175. The third-order valence-corrected chi connectivity index (χ3v) is 9.46. The lowest BCUT2D eigenvalue weighted by molar-refractivity contribution is -0.144. The number of aliphatic carboxylic acids is 1. The Labute approximate surface area is 220 Å². The molecule has 2 saturated carbocycles. The lowest BCUT2D eigenvalue weighted by atomic mass is 9.74. The molecule has 4 aliphatic rings. The fourth-order valence-electron chi connectivity index (χ4n) is 7.80. The molecule has 8 nitrogen and oxygen atoms in total. The zero-order chi connectivity index (χ0) is 26.3. The standard InChI is InChI=1S/C29H42N2O6/c1-16(2)9-20-14-31-8-7-17-12-24(35-3)25(36-4)13-22(17)23(31)11-21(20)15-37-29(34)30-27-19-6-5-18(10-19)26(27)28(32)33/h12-13,16,18-21,23,26-27H,5-11,14-15H2,1-4H3,(H,30,34)(H,32,33). The van der Waals surface area contributed by atoms with Gasteiger partial charge in [-0.2, -0.15) is 0 Å². The fourth-order valence-corrected chi connectivity index (χ4v) is 7.80. The van der Waals surface area contributed by atoms with Gasteiger partial charge in [-0.1, -0.05) is 13.8 Å². The number of alkyl carbamates (subject to hydrolysis) is 1. The molecule has 0 radical (unpaired) electrons. The number of carboxylic acids is 1. The van der Waals surface area contributed by atoms with E-state index in [0.717, 1.165) is 63.1 Å². The molecular formula is C29H42N2O6. The van der Waals surface area contributed by atoms with E-state index in [0.29, 0.717) is 18.4 Å². The second kappa shape index (κ2) is 10.7. The minimum Gasteiger partial charge on any atom is -0.493 e. The van der Waals surface area contributed by atoms with Gasteiger partial charge < -0.3 is 24.6 Å². The molecule has 8 heteroatoms. The van der Waals surface area contributed by atoms with Gasteiger partial charge in [-0.3, -0.25) is 9.69 Å². The summed E-state index contributed by atoms with van der Waals surface area (Å²) in [5.41, 5.74) is 2.59. The number of amides is 1. The van der Waals surface area contributed by atoms with E-state index in [4.69, 9.17) is 14.2 Å². The van der Waals surface area contributed by atoms with Crippen molar-refractivity contribution in [3.63, 3.8) is 0 Å². The van der Waals surface area contributed by atoms with Gasteiger partial charge in [0, 0.05) is 25.2 Å². The number of methoxy groups -OCH3 is 2. The van der Waals surface area contributed by atoms with Gasteiger partial charge in [-0.25, -0.2) is 4.79 Å². The van der Waals surface area contributed by atoms with Crippen LogP contribution in [0.4, 0.5) is 4.79 Å². The van der Waals surface area contributed by atoms with Crippen LogP contribution >= 0.6 is 0 Å². The summed E-state index contributed by atoms with van der Waals surface area (Å²) in [5, 5.41) is 12.7. The number of fused-ring (bicyclic) bond motifs is 5. The Morgan fingerprint density at radius 2 is 1.81 bits per heavy atom. The first-order chi connectivity index (χ1) is 17.8. The summed E-state index contributed by atoms with van der Waals surface area (Å²) in [4.78, 5) is 27.3. The largest absolute Gasteiger partial charge is 0.493 e. The maximum atomic E-state index is 12.9. The molecule has 1 saturated heterocycles. The summed E-state index contributed by atoms with van der Waals surface area (Å²) < 4.78 is 17.0. The van der Waals surface area contributed by atoms with Crippen LogP contribution in [0.1, 0.15) is 63.1 Å². The third-order valence-electron chi connectivity index (χ3n) is 9.46. The molecule has 7 unspecified atom stereocenters. The Morgan fingerprint density at radius 3 is 2.51 bits per heavy atom. The number of carbonyl (C=O) groups excluding carboxylic acids is 1. The number of piperidine rings is 1. The molecule has 204 valence electrons. The monoisotopic (exact) mass is 514 g/mol. The van der Waals surface area contributed by atoms with Crippen LogP contribution in [-0.2, 0) is 16.0 Å². The van der Waals surface area contributed by atoms with Gasteiger partial charge in [-0.15, -0.1) is 0 Å². The number of nitrogens with one attached hydrogen (secondary N) is 1. The van der Waals surface area contributed by atoms with Crippen LogP contribution in [-0.4, -0.2) is 62.0 Å². The zero-order valence-electron chi connectivity index (χ0n) is 22.6. The quantitative estimate of drug-likeness (QED) is 0.527. The van der Waals surface area contributed by atoms with E-state index in [2.05, 4.69) is 36.2 Å². The van der Waals surface area contributed by atoms with Crippen LogP contribution in [0.25, 0.3) is 0 Å². The van der Waals surface area contributed by atoms with E-state index < -0.39 is 18.0 Å². The Kier molecular flexibility index (Phi) is 7.57. The van der Waals surface area contributed by atoms with Crippen LogP contribution in [0.2, 0.25) is 0 Å². The summed E-state index contributed by atoms with van der Waals surface area (Å²) in [6, 6.07) is 4.17. The van der Waals surface area contributed by atoms with Gasteiger partial charge in [0.1, 0.15) is 0 Å². The smallest absolute Gasteiger partial charge is 0.407 e. The predicted octanol–water partition coefficient (Wildman–Crippen LogP) is 4.51. The number of hydrogen-bond acceptors (Lipinski definition) is 6. The first-order valence-corrected chi connectivity index (χ1v) is 13.9. The molecule has 2 bridgehead atoms. The van der Waals surface area contributed by atoms with E-state index >= 15 is 0 Å². The van der Waals surface area contributed by atoms with Crippen molar-refractivity contribution in [3.8, 4) is 11.5 Å². The molecule has 2 aliphatic heterocycles. The predicted molar refractivity (Wildman–Crippen MR) is 139 cm³/mol. The normalized spacial score (nSPS) is 32.5. The Hall–Kier alpha value is -2.48. The van der Waals surface area contributed by atoms with Gasteiger partial charge >= 0.3 is 12.1 Å². The topological polar surface area (TPSA) is 97.3 Å². The van der Waals surface area contributed by atoms with Crippen LogP contribution in [0.15, 0.2) is 12.1 Å². The van der Waals surface area contributed by atoms with E-state index in [1.807, 2.05) is 0 Å². The molecule has 2 heterocycles. The van der Waals surface area contributed by atoms with E-state index in [-0.39, 0.29) is 29.8 Å². The van der Waals surface area contributed by atoms with Crippen LogP contribution in [0.5, 0.6) is 11.5 Å². The van der Waals surface area contributed by atoms with Crippen molar-refractivity contribution in [2.45, 2.75) is 64.5 Å². The molecule has 2 aliphatic carbocycles. The summed E-state index contributed by atoms with van der Waals surface area (Å²) in [5.74, 6) is 1.89. The highest BCUT2D eigenvalue weighted by Gasteiger charge is 2.52. The molecule has 3 fully saturated rings. The highest BCUT2D eigenvalue weighted by atomic mass is 16.5. The highest BCUT2D eigenvalue weighted by Crippen LogP contribution is 2.49. The highest BCUT2D eigenvalue weighted by molar-refractivity contribution is 5.75. The van der Waals surface area contributed by atoms with Crippen molar-refractivity contribution in [2.75, 3.05) is 33.9 Å². The number of benzene rings is 1. The third kappa shape index (κ3) is 5.14. The molecule has 0 aromatic heterocycles. The van der Waals surface area contributed by atoms with E-state index in [9.17, 15) is 14.7 Å². The molecule has 2 N–H and O–H groups in total. The van der Waals surface area contributed by atoms with Crippen molar-refractivity contribution in [3.05, 3.63) is 23.3 Å². The number of carbonyl (C=O) groups is 2. The second-order valence-corrected chi connectivity index (χ2v) is 12.0. The van der Waals surface area contributed by atoms with Crippen LogP contribution in [0, 0.1) is 35.5 Å². The molecule has 1 amide bonds. The number of carboxylic acid groups (broad SMARTS) is 1. The van der Waals surface area contributed by atoms with E-state index in [1.54, 1.807) is 14.2 Å². The number of rotatable bonds is 8. The SMILES string of the molecule is COc1cc2c(cc1OC)C1CC(COC(=O)NC3C4CCC(C4)C3C(=O)O)C(CC(C)C)CN1CC2. The van der Waals surface area contributed by atoms with Gasteiger partial charge in [-0.05, 0) is 91.4 Å². The summed E-state index contributed by atoms with van der Waals surface area (Å²) >= 11 is 0. The first kappa shape index (κ1) is 26.1. The summed E-state index contributed by atoms with van der Waals surface area (Å²) in [6.45, 7) is 6.85. The Bertz CT molecular complexity index is 1010. The van der Waals surface area contributed by atoms with Gasteiger partial charge in [0.2, 0.25) is 0 Å². The van der Waals surface area contributed by atoms with Gasteiger partial charge in [0.05, 0.1) is 26.7 Å². The van der Waals surface area contributed by atoms with Crippen molar-refractivity contribution in [1.29, 1.82) is 0 Å². The van der Waals surface area contributed by atoms with Crippen molar-refractivity contribution in [2.24, 2.45) is 35.5 Å². The molecule has 0 spiro atoms. The molecule has 37 heavy (non-hydrogen) atoms. The summed E-state index contributed by atoms with van der Waals surface area (Å²) in [7, 11) is 3.34. The maximum absolute atomic E-state index is 12.9. The summed E-state index contributed by atoms with van der Waals surface area (Å²) in [6.07, 6.45) is 5.35. The van der Waals surface area contributed by atoms with Gasteiger partial charge in [0.15, 0.2) is 11.5 Å². The van der Waals surface area contributed by atoms with E-state index in [1.165, 1.54) is 11.1 Å². The van der Waals surface area contributed by atoms with Gasteiger partial charge in [0.25, 0.3) is 0 Å². The zero-order valence-corrected chi connectivity index (χ0v) is 22.6. The Morgan fingerprint density at radius 1 is 1.08 bits per heavy atom. The molecule has 7 atom stereocenters. The van der Waals surface area contributed by atoms with Crippen LogP contribution < -0.4 is 14.8 Å². The number of nitrogens with zero attached hydrogens (tertiary/aromatic N) is 1. The molecule has 5 rings (SSSR count). The minimum atomic E-state index is -0.801. The molecule has 1 aromatic carbocycles. The van der Waals surface area contributed by atoms with Crippen molar-refractivity contribution < 1.29 is 28.9 Å². The lowest BCUT2D eigenvalue weighted by Gasteiger charge is -2.47. The van der Waals surface area contributed by atoms with Crippen LogP contribution in [0.3, 0.4) is 0 Å². The Balaban J connectivity index is 1.28. The molecule has 1 aromatic rings. The first-order valence-electron chi connectivity index (χ1n) is 13.9. The molecular weight excluding hydrogens is 472 g/mol. The maximum Gasteiger partial charge on any atom is 0.407 e. The van der Waals surface area contributed by atoms with Crippen molar-refractivity contribution in [1.82, 2.24) is 10.2 Å². The number of hydrogen-bond donors (Lipinski definition) is 2. The fraction of sp³-hybridized carbons (Fsp3) is 0.724. The number of ether oxygens (including phenoxy) is 3. The lowest BCUT2D eigenvalue weighted by Crippen LogP contribution is -2.49. The average molecular weight is 515 g/mol. The second-order valence-electron chi connectivity index (χ2n) is 12.0. The average Bonchev–Trinajstić information content (AvgIpc) is 3.48. The van der Waals surface area contributed by atoms with Crippen molar-refractivity contribution >= 4 is 12.1 Å².